The van der Waals surface area contributed by atoms with E-state index < -0.39 is 5.60 Å². The molecule has 2 heterocycles. The number of aromatic nitrogens is 1. The Morgan fingerprint density at radius 3 is 2.55 bits per heavy atom. The zero-order valence-corrected chi connectivity index (χ0v) is 19.1. The molecular weight excluding hydrogens is 392 g/mol. The van der Waals surface area contributed by atoms with Crippen molar-refractivity contribution in [3.63, 3.8) is 0 Å². The number of benzene rings is 1. The van der Waals surface area contributed by atoms with Gasteiger partial charge in [0.15, 0.2) is 11.4 Å². The summed E-state index contributed by atoms with van der Waals surface area (Å²) in [5, 5.41) is 8.45. The van der Waals surface area contributed by atoms with Gasteiger partial charge in [0.05, 0.1) is 5.39 Å². The summed E-state index contributed by atoms with van der Waals surface area (Å²) in [6.07, 6.45) is 5.44. The van der Waals surface area contributed by atoms with Crippen molar-refractivity contribution >= 4 is 22.9 Å². The summed E-state index contributed by atoms with van der Waals surface area (Å²) in [6, 6.07) is 8.33. The zero-order valence-electron chi connectivity index (χ0n) is 19.1. The molecule has 0 radical (unpaired) electrons. The third-order valence-electron chi connectivity index (χ3n) is 6.45. The molecule has 1 aliphatic heterocycles. The van der Waals surface area contributed by atoms with Crippen LogP contribution in [0.1, 0.15) is 52.9 Å². The molecule has 0 atom stereocenters. The van der Waals surface area contributed by atoms with Crippen molar-refractivity contribution in [2.24, 2.45) is 5.92 Å². The molecule has 0 bridgehead atoms. The van der Waals surface area contributed by atoms with Gasteiger partial charge in [0, 0.05) is 32.2 Å². The molecular formula is C24H36N4O3. The molecule has 1 N–H and O–H groups in total. The number of piperazine rings is 1. The van der Waals surface area contributed by atoms with Crippen LogP contribution in [-0.2, 0) is 4.74 Å². The Kier molecular flexibility index (Phi) is 6.70. The average Bonchev–Trinajstić information content (AvgIpc) is 3.16. The number of amides is 1. The number of hydrogen-bond acceptors (Lipinski definition) is 6. The quantitative estimate of drug-likeness (QED) is 0.760. The lowest BCUT2D eigenvalue weighted by atomic mass is 9.84. The van der Waals surface area contributed by atoms with Gasteiger partial charge in [-0.05, 0) is 77.5 Å². The first kappa shape index (κ1) is 21.9. The van der Waals surface area contributed by atoms with Crippen LogP contribution in [-0.4, -0.2) is 60.5 Å². The van der Waals surface area contributed by atoms with Gasteiger partial charge in [-0.1, -0.05) is 17.3 Å². The van der Waals surface area contributed by atoms with E-state index in [4.69, 9.17) is 9.26 Å². The Balaban J connectivity index is 1.15. The van der Waals surface area contributed by atoms with E-state index in [-0.39, 0.29) is 12.1 Å². The summed E-state index contributed by atoms with van der Waals surface area (Å²) in [7, 11) is 0. The van der Waals surface area contributed by atoms with Crippen LogP contribution in [0.4, 0.5) is 10.6 Å². The second kappa shape index (κ2) is 9.47. The maximum atomic E-state index is 12.0. The second-order valence-electron chi connectivity index (χ2n) is 9.98. The highest BCUT2D eigenvalue weighted by atomic mass is 16.6. The molecule has 7 nitrogen and oxygen atoms in total. The lowest BCUT2D eigenvalue weighted by molar-refractivity contribution is 0.0486. The Morgan fingerprint density at radius 1 is 1.13 bits per heavy atom. The van der Waals surface area contributed by atoms with Crippen molar-refractivity contribution in [2.45, 2.75) is 64.5 Å². The summed E-state index contributed by atoms with van der Waals surface area (Å²) in [5.74, 6) is 1.74. The van der Waals surface area contributed by atoms with E-state index in [9.17, 15) is 4.79 Å². The van der Waals surface area contributed by atoms with Crippen LogP contribution in [0.15, 0.2) is 28.8 Å². The van der Waals surface area contributed by atoms with Gasteiger partial charge < -0.3 is 19.5 Å². The van der Waals surface area contributed by atoms with Crippen LogP contribution in [0, 0.1) is 5.92 Å². The van der Waals surface area contributed by atoms with E-state index >= 15 is 0 Å². The van der Waals surface area contributed by atoms with Gasteiger partial charge in [0.25, 0.3) is 0 Å². The molecule has 1 aliphatic carbocycles. The maximum Gasteiger partial charge on any atom is 0.407 e. The van der Waals surface area contributed by atoms with Gasteiger partial charge in [0.1, 0.15) is 5.60 Å². The largest absolute Gasteiger partial charge is 0.444 e. The summed E-state index contributed by atoms with van der Waals surface area (Å²) in [6.45, 7) is 11.0. The van der Waals surface area contributed by atoms with Crippen LogP contribution in [0.5, 0.6) is 0 Å². The molecule has 1 aromatic heterocycles. The van der Waals surface area contributed by atoms with Gasteiger partial charge in [-0.2, -0.15) is 0 Å². The van der Waals surface area contributed by atoms with Crippen molar-refractivity contribution < 1.29 is 14.1 Å². The topological polar surface area (TPSA) is 70.8 Å². The first-order chi connectivity index (χ1) is 14.9. The smallest absolute Gasteiger partial charge is 0.407 e. The zero-order chi connectivity index (χ0) is 21.8. The Morgan fingerprint density at radius 2 is 1.84 bits per heavy atom. The molecule has 170 valence electrons. The Hall–Kier alpha value is -2.28. The molecule has 7 heteroatoms. The number of ether oxygens (including phenoxy) is 1. The third-order valence-corrected chi connectivity index (χ3v) is 6.45. The summed E-state index contributed by atoms with van der Waals surface area (Å²) in [5.41, 5.74) is 0.420. The van der Waals surface area contributed by atoms with Gasteiger partial charge >= 0.3 is 6.09 Å². The number of nitrogens with one attached hydrogen (secondary N) is 1. The molecule has 2 fully saturated rings. The first-order valence-corrected chi connectivity index (χ1v) is 11.7. The Labute approximate surface area is 185 Å². The van der Waals surface area contributed by atoms with Gasteiger partial charge in [0.2, 0.25) is 0 Å². The minimum Gasteiger partial charge on any atom is -0.444 e. The van der Waals surface area contributed by atoms with Crippen molar-refractivity contribution in [1.29, 1.82) is 0 Å². The van der Waals surface area contributed by atoms with Crippen molar-refractivity contribution in [1.82, 2.24) is 15.4 Å². The highest BCUT2D eigenvalue weighted by molar-refractivity contribution is 5.88. The van der Waals surface area contributed by atoms with Gasteiger partial charge in [-0.15, -0.1) is 0 Å². The number of carbonyl (C=O) groups is 1. The summed E-state index contributed by atoms with van der Waals surface area (Å²) < 4.78 is 10.9. The van der Waals surface area contributed by atoms with E-state index in [1.165, 1.54) is 19.3 Å². The summed E-state index contributed by atoms with van der Waals surface area (Å²) in [4.78, 5) is 16.9. The lowest BCUT2D eigenvalue weighted by Crippen LogP contribution is -2.47. The highest BCUT2D eigenvalue weighted by Crippen LogP contribution is 2.29. The molecule has 2 aliphatic rings. The number of hydrogen-bond donors (Lipinski definition) is 1. The minimum absolute atomic E-state index is 0.256. The number of nitrogens with zero attached hydrogens (tertiary/aromatic N) is 3. The van der Waals surface area contributed by atoms with Crippen LogP contribution < -0.4 is 10.2 Å². The molecule has 1 saturated heterocycles. The lowest BCUT2D eigenvalue weighted by Gasteiger charge is -2.36. The maximum absolute atomic E-state index is 12.0. The molecule has 1 aromatic carbocycles. The molecule has 2 aromatic rings. The summed E-state index contributed by atoms with van der Waals surface area (Å²) >= 11 is 0. The molecule has 0 unspecified atom stereocenters. The van der Waals surface area contributed by atoms with E-state index in [1.807, 2.05) is 39.0 Å². The normalized spacial score (nSPS) is 23.1. The third kappa shape index (κ3) is 5.91. The number of alkyl carbamates (subject to hydrolysis) is 1. The van der Waals surface area contributed by atoms with Gasteiger partial charge in [-0.3, -0.25) is 4.90 Å². The predicted octanol–water partition coefficient (Wildman–Crippen LogP) is 4.42. The number of anilines is 1. The van der Waals surface area contributed by atoms with E-state index in [0.717, 1.165) is 68.3 Å². The fourth-order valence-corrected chi connectivity index (χ4v) is 4.72. The van der Waals surface area contributed by atoms with E-state index in [1.54, 1.807) is 0 Å². The van der Waals surface area contributed by atoms with Crippen LogP contribution in [0.2, 0.25) is 0 Å². The monoisotopic (exact) mass is 428 g/mol. The minimum atomic E-state index is -0.438. The van der Waals surface area contributed by atoms with Crippen LogP contribution in [0.25, 0.3) is 11.0 Å². The first-order valence-electron chi connectivity index (χ1n) is 11.7. The standard InChI is InChI=1S/C24H36N4O3/c1-24(2,3)30-23(29)25-19-10-8-18(9-11-19)12-13-27-14-16-28(17-15-27)22-20-6-4-5-7-21(20)31-26-22/h4-7,18-19H,8-17H2,1-3H3,(H,25,29)/t18-,19-. The van der Waals surface area contributed by atoms with Crippen LogP contribution >= 0.6 is 0 Å². The highest BCUT2D eigenvalue weighted by Gasteiger charge is 2.26. The molecule has 1 saturated carbocycles. The number of carbonyl (C=O) groups excluding carboxylic acids is 1. The van der Waals surface area contributed by atoms with Gasteiger partial charge in [-0.25, -0.2) is 4.79 Å². The molecule has 0 spiro atoms. The fourth-order valence-electron chi connectivity index (χ4n) is 4.72. The number of para-hydroxylation sites is 1. The molecule has 4 rings (SSSR count). The number of rotatable bonds is 5. The van der Waals surface area contributed by atoms with Crippen molar-refractivity contribution in [2.75, 3.05) is 37.6 Å². The van der Waals surface area contributed by atoms with Crippen molar-refractivity contribution in [3.05, 3.63) is 24.3 Å². The van der Waals surface area contributed by atoms with Crippen LogP contribution in [0.3, 0.4) is 0 Å². The Bertz CT molecular complexity index is 859. The average molecular weight is 429 g/mol. The number of fused-ring (bicyclic) bond motifs is 1. The fraction of sp³-hybridized carbons (Fsp3) is 0.667. The second-order valence-corrected chi connectivity index (χ2v) is 9.98. The van der Waals surface area contributed by atoms with E-state index in [0.29, 0.717) is 0 Å². The van der Waals surface area contributed by atoms with Crippen molar-refractivity contribution in [3.8, 4) is 0 Å². The molecule has 1 amide bonds. The predicted molar refractivity (Wildman–Crippen MR) is 122 cm³/mol. The SMILES string of the molecule is CC(C)(C)OC(=O)N[C@H]1CC[C@H](CCN2CCN(c3noc4ccccc34)CC2)CC1. The van der Waals surface area contributed by atoms with E-state index in [2.05, 4.69) is 26.3 Å². The molecule has 31 heavy (non-hydrogen) atoms.